The molecule has 0 saturated carbocycles. The summed E-state index contributed by atoms with van der Waals surface area (Å²) in [5.41, 5.74) is 1.14. The molecule has 1 unspecified atom stereocenters. The van der Waals surface area contributed by atoms with E-state index in [4.69, 9.17) is 0 Å². The number of nitrogens with zero attached hydrogens (tertiary/aromatic N) is 3. The standard InChI is InChI=1S/C16H23N3O/c1-2-4-15(12-17)19-9-7-18(8-10-19)13-14-5-3-6-16(20)11-14/h3,5-6,11,15,20H,2,4,7-10,13H2,1H3. The van der Waals surface area contributed by atoms with Gasteiger partial charge in [0.15, 0.2) is 0 Å². The van der Waals surface area contributed by atoms with Crippen molar-refractivity contribution in [2.75, 3.05) is 26.2 Å². The molecule has 1 atom stereocenters. The summed E-state index contributed by atoms with van der Waals surface area (Å²) in [6.45, 7) is 6.87. The van der Waals surface area contributed by atoms with Crippen LogP contribution < -0.4 is 0 Å². The van der Waals surface area contributed by atoms with Crippen LogP contribution in [0.15, 0.2) is 24.3 Å². The first-order chi connectivity index (χ1) is 9.72. The SMILES string of the molecule is CCCC(C#N)N1CCN(Cc2cccc(O)c2)CC1. The van der Waals surface area contributed by atoms with Crippen molar-refractivity contribution in [3.05, 3.63) is 29.8 Å². The van der Waals surface area contributed by atoms with E-state index in [2.05, 4.69) is 22.8 Å². The van der Waals surface area contributed by atoms with Crippen LogP contribution in [0.1, 0.15) is 25.3 Å². The predicted molar refractivity (Wildman–Crippen MR) is 79.3 cm³/mol. The first kappa shape index (κ1) is 14.8. The Morgan fingerprint density at radius 2 is 2.05 bits per heavy atom. The second-order valence-corrected chi connectivity index (χ2v) is 5.42. The van der Waals surface area contributed by atoms with Crippen LogP contribution in [0.3, 0.4) is 0 Å². The summed E-state index contributed by atoms with van der Waals surface area (Å²) in [5, 5.41) is 18.7. The molecule has 1 aliphatic rings. The number of piperazine rings is 1. The van der Waals surface area contributed by atoms with Gasteiger partial charge in [0, 0.05) is 32.7 Å². The Morgan fingerprint density at radius 3 is 2.65 bits per heavy atom. The van der Waals surface area contributed by atoms with Crippen molar-refractivity contribution in [3.63, 3.8) is 0 Å². The van der Waals surface area contributed by atoms with E-state index in [1.807, 2.05) is 18.2 Å². The zero-order chi connectivity index (χ0) is 14.4. The molecule has 4 nitrogen and oxygen atoms in total. The van der Waals surface area contributed by atoms with Gasteiger partial charge >= 0.3 is 0 Å². The number of aromatic hydroxyl groups is 1. The van der Waals surface area contributed by atoms with Crippen LogP contribution in [0.4, 0.5) is 0 Å². The van der Waals surface area contributed by atoms with Crippen LogP contribution >= 0.6 is 0 Å². The highest BCUT2D eigenvalue weighted by Gasteiger charge is 2.22. The van der Waals surface area contributed by atoms with E-state index >= 15 is 0 Å². The summed E-state index contributed by atoms with van der Waals surface area (Å²) in [6.07, 6.45) is 2.02. The third-order valence-corrected chi connectivity index (χ3v) is 3.88. The smallest absolute Gasteiger partial charge is 0.115 e. The molecule has 0 spiro atoms. The molecule has 4 heteroatoms. The van der Waals surface area contributed by atoms with Gasteiger partial charge in [0.05, 0.1) is 12.1 Å². The lowest BCUT2D eigenvalue weighted by molar-refractivity contribution is 0.106. The maximum absolute atomic E-state index is 9.49. The largest absolute Gasteiger partial charge is 0.508 e. The Bertz CT molecular complexity index is 461. The minimum Gasteiger partial charge on any atom is -0.508 e. The molecular formula is C16H23N3O. The third-order valence-electron chi connectivity index (χ3n) is 3.88. The predicted octanol–water partition coefficient (Wildman–Crippen LogP) is 2.20. The lowest BCUT2D eigenvalue weighted by Gasteiger charge is -2.36. The average Bonchev–Trinajstić information content (AvgIpc) is 2.46. The van der Waals surface area contributed by atoms with Crippen molar-refractivity contribution in [2.45, 2.75) is 32.4 Å². The van der Waals surface area contributed by atoms with Crippen LogP contribution in [0.25, 0.3) is 0 Å². The van der Waals surface area contributed by atoms with Crippen molar-refractivity contribution in [1.29, 1.82) is 5.26 Å². The molecule has 1 heterocycles. The Balaban J connectivity index is 1.84. The lowest BCUT2D eigenvalue weighted by atomic mass is 10.1. The van der Waals surface area contributed by atoms with E-state index in [0.29, 0.717) is 5.75 Å². The molecule has 1 fully saturated rings. The highest BCUT2D eigenvalue weighted by atomic mass is 16.3. The molecular weight excluding hydrogens is 250 g/mol. The fraction of sp³-hybridized carbons (Fsp3) is 0.562. The quantitative estimate of drug-likeness (QED) is 0.893. The number of phenols is 1. The van der Waals surface area contributed by atoms with Gasteiger partial charge in [-0.25, -0.2) is 0 Å². The molecule has 0 radical (unpaired) electrons. The lowest BCUT2D eigenvalue weighted by Crippen LogP contribution is -2.49. The topological polar surface area (TPSA) is 50.5 Å². The van der Waals surface area contributed by atoms with E-state index in [9.17, 15) is 10.4 Å². The summed E-state index contributed by atoms with van der Waals surface area (Å²) < 4.78 is 0. The monoisotopic (exact) mass is 273 g/mol. The third kappa shape index (κ3) is 3.96. The molecule has 1 aromatic rings. The molecule has 0 aromatic heterocycles. The summed E-state index contributed by atoms with van der Waals surface area (Å²) in [6, 6.07) is 9.94. The number of hydrogen-bond donors (Lipinski definition) is 1. The zero-order valence-electron chi connectivity index (χ0n) is 12.1. The highest BCUT2D eigenvalue weighted by molar-refractivity contribution is 5.27. The summed E-state index contributed by atoms with van der Waals surface area (Å²) in [4.78, 5) is 4.67. The summed E-state index contributed by atoms with van der Waals surface area (Å²) >= 11 is 0. The molecule has 0 aliphatic carbocycles. The first-order valence-electron chi connectivity index (χ1n) is 7.37. The van der Waals surface area contributed by atoms with Gasteiger partial charge in [-0.3, -0.25) is 9.80 Å². The maximum Gasteiger partial charge on any atom is 0.115 e. The number of rotatable bonds is 5. The Labute approximate surface area is 121 Å². The first-order valence-corrected chi connectivity index (χ1v) is 7.37. The van der Waals surface area contributed by atoms with Crippen molar-refractivity contribution >= 4 is 0 Å². The molecule has 1 saturated heterocycles. The fourth-order valence-corrected chi connectivity index (χ4v) is 2.75. The molecule has 108 valence electrons. The van der Waals surface area contributed by atoms with Crippen LogP contribution in [-0.2, 0) is 6.54 Å². The molecule has 1 aromatic carbocycles. The van der Waals surface area contributed by atoms with Gasteiger partial charge in [0.1, 0.15) is 5.75 Å². The highest BCUT2D eigenvalue weighted by Crippen LogP contribution is 2.15. The van der Waals surface area contributed by atoms with Crippen molar-refractivity contribution in [1.82, 2.24) is 9.80 Å². The molecule has 0 bridgehead atoms. The Morgan fingerprint density at radius 1 is 1.30 bits per heavy atom. The van der Waals surface area contributed by atoms with Crippen molar-refractivity contribution in [2.24, 2.45) is 0 Å². The van der Waals surface area contributed by atoms with Crippen LogP contribution in [0, 0.1) is 11.3 Å². The van der Waals surface area contributed by atoms with Gasteiger partial charge in [-0.05, 0) is 24.1 Å². The summed E-state index contributed by atoms with van der Waals surface area (Å²) in [5.74, 6) is 0.327. The van der Waals surface area contributed by atoms with Gasteiger partial charge in [-0.2, -0.15) is 5.26 Å². The van der Waals surface area contributed by atoms with Crippen LogP contribution in [-0.4, -0.2) is 47.1 Å². The molecule has 0 amide bonds. The van der Waals surface area contributed by atoms with E-state index in [1.165, 1.54) is 0 Å². The molecule has 1 N–H and O–H groups in total. The van der Waals surface area contributed by atoms with Gasteiger partial charge in [0.25, 0.3) is 0 Å². The van der Waals surface area contributed by atoms with Crippen LogP contribution in [0.5, 0.6) is 5.75 Å². The van der Waals surface area contributed by atoms with Crippen LogP contribution in [0.2, 0.25) is 0 Å². The Kier molecular flexibility index (Phi) is 5.40. The normalized spacial score (nSPS) is 18.6. The molecule has 1 aliphatic heterocycles. The second kappa shape index (κ2) is 7.28. The number of phenolic OH excluding ortho intramolecular Hbond substituents is 1. The minimum atomic E-state index is 0.0721. The van der Waals surface area contributed by atoms with E-state index in [-0.39, 0.29) is 6.04 Å². The fourth-order valence-electron chi connectivity index (χ4n) is 2.75. The number of nitriles is 1. The van der Waals surface area contributed by atoms with Gasteiger partial charge in [-0.15, -0.1) is 0 Å². The summed E-state index contributed by atoms with van der Waals surface area (Å²) in [7, 11) is 0. The average molecular weight is 273 g/mol. The number of benzene rings is 1. The molecule has 2 rings (SSSR count). The van der Waals surface area contributed by atoms with Crippen molar-refractivity contribution in [3.8, 4) is 11.8 Å². The minimum absolute atomic E-state index is 0.0721. The molecule has 20 heavy (non-hydrogen) atoms. The van der Waals surface area contributed by atoms with Crippen molar-refractivity contribution < 1.29 is 5.11 Å². The maximum atomic E-state index is 9.49. The second-order valence-electron chi connectivity index (χ2n) is 5.42. The zero-order valence-corrected chi connectivity index (χ0v) is 12.1. The van der Waals surface area contributed by atoms with Gasteiger partial charge in [-0.1, -0.05) is 25.5 Å². The van der Waals surface area contributed by atoms with E-state index in [1.54, 1.807) is 6.07 Å². The van der Waals surface area contributed by atoms with E-state index in [0.717, 1.165) is 51.1 Å². The Hall–Kier alpha value is -1.57. The number of hydrogen-bond acceptors (Lipinski definition) is 4. The van der Waals surface area contributed by atoms with Gasteiger partial charge < -0.3 is 5.11 Å². The van der Waals surface area contributed by atoms with Gasteiger partial charge in [0.2, 0.25) is 0 Å². The van der Waals surface area contributed by atoms with E-state index < -0.39 is 0 Å².